The van der Waals surface area contributed by atoms with Crippen molar-refractivity contribution in [1.82, 2.24) is 15.4 Å². The average Bonchev–Trinajstić information content (AvgIpc) is 2.78. The second kappa shape index (κ2) is 6.39. The van der Waals surface area contributed by atoms with Crippen molar-refractivity contribution in [2.75, 3.05) is 13.1 Å². The van der Waals surface area contributed by atoms with Gasteiger partial charge in [0.15, 0.2) is 0 Å². The zero-order chi connectivity index (χ0) is 14.7. The quantitative estimate of drug-likeness (QED) is 0.919. The molecule has 1 N–H and O–H groups in total. The van der Waals surface area contributed by atoms with Crippen LogP contribution in [-0.2, 0) is 4.79 Å². The number of rotatable bonds is 4. The minimum Gasteiger partial charge on any atom is -0.361 e. The molecule has 0 aliphatic carbocycles. The van der Waals surface area contributed by atoms with Crippen molar-refractivity contribution in [1.29, 1.82) is 0 Å². The fraction of sp³-hybridized carbons (Fsp3) is 0.733. The van der Waals surface area contributed by atoms with Crippen molar-refractivity contribution in [3.05, 3.63) is 17.0 Å². The van der Waals surface area contributed by atoms with E-state index in [0.717, 1.165) is 42.9 Å². The van der Waals surface area contributed by atoms with Gasteiger partial charge in [-0.05, 0) is 47.0 Å². The highest BCUT2D eigenvalue weighted by molar-refractivity contribution is 5.81. The molecule has 1 aromatic heterocycles. The van der Waals surface area contributed by atoms with E-state index in [1.54, 1.807) is 0 Å². The maximum absolute atomic E-state index is 12.4. The van der Waals surface area contributed by atoms with E-state index in [4.69, 9.17) is 4.52 Å². The highest BCUT2D eigenvalue weighted by atomic mass is 16.5. The molecule has 5 nitrogen and oxygen atoms in total. The standard InChI is InChI=1S/C15H25N3O2/c1-10(14-11(2)17-20-13(14)4)16-12(3)15(19)18-8-6-5-7-9-18/h10,12,16H,5-9H2,1-4H3. The Morgan fingerprint density at radius 3 is 2.45 bits per heavy atom. The number of hydrogen-bond acceptors (Lipinski definition) is 4. The Bertz CT molecular complexity index is 444. The SMILES string of the molecule is Cc1noc(C)c1C(C)NC(C)C(=O)N1CCCCC1. The number of nitrogens with zero attached hydrogens (tertiary/aromatic N) is 2. The van der Waals surface area contributed by atoms with Crippen molar-refractivity contribution in [3.63, 3.8) is 0 Å². The third-order valence-electron chi connectivity index (χ3n) is 4.06. The van der Waals surface area contributed by atoms with Crippen LogP contribution < -0.4 is 5.32 Å². The summed E-state index contributed by atoms with van der Waals surface area (Å²) in [5, 5.41) is 7.34. The number of likely N-dealkylation sites (tertiary alicyclic amines) is 1. The molecular weight excluding hydrogens is 254 g/mol. The molecule has 2 heterocycles. The average molecular weight is 279 g/mol. The molecule has 2 unspecified atom stereocenters. The second-order valence-electron chi connectivity index (χ2n) is 5.73. The van der Waals surface area contributed by atoms with Crippen LogP contribution in [0.2, 0.25) is 0 Å². The predicted octanol–water partition coefficient (Wildman–Crippen LogP) is 2.34. The molecule has 0 aromatic carbocycles. The van der Waals surface area contributed by atoms with Gasteiger partial charge in [-0.1, -0.05) is 5.16 Å². The molecule has 1 amide bonds. The summed E-state index contributed by atoms with van der Waals surface area (Å²) in [7, 11) is 0. The number of carbonyl (C=O) groups excluding carboxylic acids is 1. The first kappa shape index (κ1) is 15.0. The number of nitrogens with one attached hydrogen (secondary N) is 1. The molecule has 0 saturated carbocycles. The van der Waals surface area contributed by atoms with Crippen LogP contribution in [0.3, 0.4) is 0 Å². The number of aromatic nitrogens is 1. The van der Waals surface area contributed by atoms with Crippen LogP contribution in [0.4, 0.5) is 0 Å². The monoisotopic (exact) mass is 279 g/mol. The molecule has 2 atom stereocenters. The molecular formula is C15H25N3O2. The Morgan fingerprint density at radius 2 is 1.90 bits per heavy atom. The van der Waals surface area contributed by atoms with Gasteiger partial charge in [-0.15, -0.1) is 0 Å². The number of amides is 1. The zero-order valence-corrected chi connectivity index (χ0v) is 12.9. The first-order chi connectivity index (χ1) is 9.50. The van der Waals surface area contributed by atoms with E-state index in [-0.39, 0.29) is 18.0 Å². The molecule has 1 aliphatic rings. The maximum atomic E-state index is 12.4. The summed E-state index contributed by atoms with van der Waals surface area (Å²) < 4.78 is 5.19. The minimum atomic E-state index is -0.184. The van der Waals surface area contributed by atoms with Crippen LogP contribution in [-0.4, -0.2) is 35.1 Å². The van der Waals surface area contributed by atoms with Gasteiger partial charge in [0.05, 0.1) is 11.7 Å². The molecule has 1 fully saturated rings. The van der Waals surface area contributed by atoms with Gasteiger partial charge in [0.2, 0.25) is 5.91 Å². The lowest BCUT2D eigenvalue weighted by molar-refractivity contribution is -0.134. The third kappa shape index (κ3) is 3.20. The molecule has 1 aromatic rings. The lowest BCUT2D eigenvalue weighted by atomic mass is 10.1. The Hall–Kier alpha value is -1.36. The van der Waals surface area contributed by atoms with E-state index in [2.05, 4.69) is 10.5 Å². The van der Waals surface area contributed by atoms with Gasteiger partial charge in [-0.25, -0.2) is 0 Å². The largest absolute Gasteiger partial charge is 0.361 e. The summed E-state index contributed by atoms with van der Waals surface area (Å²) in [5.41, 5.74) is 1.95. The Balaban J connectivity index is 1.96. The Kier molecular flexibility index (Phi) is 4.81. The van der Waals surface area contributed by atoms with Crippen LogP contribution in [0.1, 0.15) is 56.2 Å². The van der Waals surface area contributed by atoms with Gasteiger partial charge in [-0.3, -0.25) is 10.1 Å². The van der Waals surface area contributed by atoms with Gasteiger partial charge >= 0.3 is 0 Å². The summed E-state index contributed by atoms with van der Waals surface area (Å²) >= 11 is 0. The smallest absolute Gasteiger partial charge is 0.239 e. The number of piperidine rings is 1. The van der Waals surface area contributed by atoms with Crippen LogP contribution in [0, 0.1) is 13.8 Å². The number of carbonyl (C=O) groups is 1. The van der Waals surface area contributed by atoms with Crippen molar-refractivity contribution in [2.45, 2.75) is 59.0 Å². The lowest BCUT2D eigenvalue weighted by Crippen LogP contribution is -2.47. The first-order valence-electron chi connectivity index (χ1n) is 7.48. The first-order valence-corrected chi connectivity index (χ1v) is 7.48. The molecule has 0 bridgehead atoms. The minimum absolute atomic E-state index is 0.0602. The van der Waals surface area contributed by atoms with Crippen molar-refractivity contribution < 1.29 is 9.32 Å². The molecule has 1 saturated heterocycles. The summed E-state index contributed by atoms with van der Waals surface area (Å²) in [4.78, 5) is 14.4. The molecule has 5 heteroatoms. The topological polar surface area (TPSA) is 58.4 Å². The highest BCUT2D eigenvalue weighted by Gasteiger charge is 2.25. The van der Waals surface area contributed by atoms with Crippen LogP contribution >= 0.6 is 0 Å². The molecule has 0 spiro atoms. The van der Waals surface area contributed by atoms with Crippen molar-refractivity contribution >= 4 is 5.91 Å². The van der Waals surface area contributed by atoms with Crippen LogP contribution in [0.5, 0.6) is 0 Å². The van der Waals surface area contributed by atoms with E-state index < -0.39 is 0 Å². The lowest BCUT2D eigenvalue weighted by Gasteiger charge is -2.30. The zero-order valence-electron chi connectivity index (χ0n) is 12.9. The molecule has 20 heavy (non-hydrogen) atoms. The third-order valence-corrected chi connectivity index (χ3v) is 4.06. The predicted molar refractivity (Wildman–Crippen MR) is 77.4 cm³/mol. The van der Waals surface area contributed by atoms with E-state index in [9.17, 15) is 4.79 Å². The van der Waals surface area contributed by atoms with Gasteiger partial charge in [0.1, 0.15) is 5.76 Å². The normalized spacial score (nSPS) is 18.9. The number of hydrogen-bond donors (Lipinski definition) is 1. The summed E-state index contributed by atoms with van der Waals surface area (Å²) in [6, 6.07) is -0.123. The van der Waals surface area contributed by atoms with Crippen LogP contribution in [0.15, 0.2) is 4.52 Å². The van der Waals surface area contributed by atoms with Gasteiger partial charge in [0.25, 0.3) is 0 Å². The molecule has 0 radical (unpaired) electrons. The van der Waals surface area contributed by atoms with Crippen LogP contribution in [0.25, 0.3) is 0 Å². The van der Waals surface area contributed by atoms with E-state index in [0.29, 0.717) is 0 Å². The Morgan fingerprint density at radius 1 is 1.25 bits per heavy atom. The maximum Gasteiger partial charge on any atom is 0.239 e. The number of aryl methyl sites for hydroxylation is 2. The fourth-order valence-corrected chi connectivity index (χ4v) is 3.03. The van der Waals surface area contributed by atoms with Gasteiger partial charge in [0, 0.05) is 24.7 Å². The highest BCUT2D eigenvalue weighted by Crippen LogP contribution is 2.21. The molecule has 1 aliphatic heterocycles. The van der Waals surface area contributed by atoms with Gasteiger partial charge in [-0.2, -0.15) is 0 Å². The molecule has 2 rings (SSSR count). The Labute approximate surface area is 120 Å². The summed E-state index contributed by atoms with van der Waals surface area (Å²) in [5.74, 6) is 1.02. The summed E-state index contributed by atoms with van der Waals surface area (Å²) in [6.07, 6.45) is 3.48. The fourth-order valence-electron chi connectivity index (χ4n) is 3.03. The summed E-state index contributed by atoms with van der Waals surface area (Å²) in [6.45, 7) is 9.61. The van der Waals surface area contributed by atoms with Gasteiger partial charge < -0.3 is 9.42 Å². The van der Waals surface area contributed by atoms with E-state index in [1.165, 1.54) is 6.42 Å². The molecule has 112 valence electrons. The second-order valence-corrected chi connectivity index (χ2v) is 5.73. The van der Waals surface area contributed by atoms with E-state index >= 15 is 0 Å². The van der Waals surface area contributed by atoms with Crippen molar-refractivity contribution in [3.8, 4) is 0 Å². The van der Waals surface area contributed by atoms with Crippen molar-refractivity contribution in [2.24, 2.45) is 0 Å². The van der Waals surface area contributed by atoms with E-state index in [1.807, 2.05) is 32.6 Å².